The Morgan fingerprint density at radius 2 is 2.11 bits per heavy atom. The number of nitrogens with zero attached hydrogens (tertiary/aromatic N) is 1. The zero-order valence-electron chi connectivity index (χ0n) is 9.51. The summed E-state index contributed by atoms with van der Waals surface area (Å²) in [6, 6.07) is 12.2. The van der Waals surface area contributed by atoms with Gasteiger partial charge in [-0.05, 0) is 57.3 Å². The van der Waals surface area contributed by atoms with Gasteiger partial charge in [0.25, 0.3) is 0 Å². The summed E-state index contributed by atoms with van der Waals surface area (Å²) >= 11 is 4.05. The van der Waals surface area contributed by atoms with Crippen LogP contribution in [-0.2, 0) is 0 Å². The van der Waals surface area contributed by atoms with Gasteiger partial charge < -0.3 is 5.73 Å². The molecule has 2 heterocycles. The molecule has 1 atom stereocenters. The number of halogens is 1. The Morgan fingerprint density at radius 1 is 1.22 bits per heavy atom. The molecule has 2 N–H and O–H groups in total. The van der Waals surface area contributed by atoms with Crippen molar-refractivity contribution in [3.8, 4) is 0 Å². The van der Waals surface area contributed by atoms with E-state index in [1.807, 2.05) is 24.4 Å². The van der Waals surface area contributed by atoms with Crippen molar-refractivity contribution in [2.75, 3.05) is 0 Å². The molecule has 90 valence electrons. The summed E-state index contributed by atoms with van der Waals surface area (Å²) < 4.78 is 1.26. The van der Waals surface area contributed by atoms with Crippen LogP contribution < -0.4 is 5.73 Å². The highest BCUT2D eigenvalue weighted by Gasteiger charge is 2.13. The maximum absolute atomic E-state index is 6.37. The van der Waals surface area contributed by atoms with Crippen LogP contribution in [0.1, 0.15) is 17.2 Å². The molecule has 0 aliphatic heterocycles. The highest BCUT2D eigenvalue weighted by molar-refractivity contribution is 14.1. The lowest BCUT2D eigenvalue weighted by Gasteiger charge is -2.13. The topological polar surface area (TPSA) is 38.9 Å². The van der Waals surface area contributed by atoms with Gasteiger partial charge in [0.05, 0.1) is 14.4 Å². The average Bonchev–Trinajstić information content (AvgIpc) is 2.84. The first-order valence-electron chi connectivity index (χ1n) is 5.59. The summed E-state index contributed by atoms with van der Waals surface area (Å²) in [6.07, 6.45) is 1.81. The van der Waals surface area contributed by atoms with Crippen molar-refractivity contribution in [3.05, 3.63) is 62.0 Å². The van der Waals surface area contributed by atoms with Crippen LogP contribution in [0.3, 0.4) is 0 Å². The van der Waals surface area contributed by atoms with Gasteiger partial charge in [-0.2, -0.15) is 0 Å². The Balaban J connectivity index is 2.14. The van der Waals surface area contributed by atoms with Crippen LogP contribution in [0.4, 0.5) is 0 Å². The van der Waals surface area contributed by atoms with Crippen LogP contribution in [0.2, 0.25) is 0 Å². The maximum atomic E-state index is 6.37. The molecule has 0 radical (unpaired) electrons. The minimum absolute atomic E-state index is 0.0855. The van der Waals surface area contributed by atoms with Crippen molar-refractivity contribution >= 4 is 44.8 Å². The van der Waals surface area contributed by atoms with Crippen LogP contribution in [0.5, 0.6) is 0 Å². The first-order chi connectivity index (χ1) is 8.75. The van der Waals surface area contributed by atoms with Gasteiger partial charge >= 0.3 is 0 Å². The highest BCUT2D eigenvalue weighted by atomic mass is 127. The molecular formula is C14H11IN2S. The standard InChI is InChI=1S/C14H11IN2S/c15-13-7-9(8-18-13)14(16)11-3-1-5-12-10(11)4-2-6-17-12/h1-8,14H,16H2. The fourth-order valence-corrected chi connectivity index (χ4v) is 3.47. The molecule has 1 aromatic carbocycles. The van der Waals surface area contributed by atoms with E-state index < -0.39 is 0 Å². The Morgan fingerprint density at radius 3 is 2.89 bits per heavy atom. The number of rotatable bonds is 2. The Labute approximate surface area is 123 Å². The first kappa shape index (κ1) is 12.1. The number of thiophene rings is 1. The van der Waals surface area contributed by atoms with Crippen LogP contribution in [0.15, 0.2) is 48.0 Å². The molecule has 4 heteroatoms. The van der Waals surface area contributed by atoms with E-state index in [1.54, 1.807) is 11.3 Å². The van der Waals surface area contributed by atoms with E-state index in [9.17, 15) is 0 Å². The molecule has 2 aromatic heterocycles. The molecular weight excluding hydrogens is 355 g/mol. The largest absolute Gasteiger partial charge is 0.320 e. The van der Waals surface area contributed by atoms with E-state index in [2.05, 4.69) is 51.2 Å². The number of pyridine rings is 1. The molecule has 1 unspecified atom stereocenters. The number of benzene rings is 1. The van der Waals surface area contributed by atoms with E-state index in [0.29, 0.717) is 0 Å². The van der Waals surface area contributed by atoms with Crippen LogP contribution in [-0.4, -0.2) is 4.98 Å². The molecule has 0 aliphatic rings. The van der Waals surface area contributed by atoms with E-state index >= 15 is 0 Å². The lowest BCUT2D eigenvalue weighted by molar-refractivity contribution is 0.885. The molecule has 0 fully saturated rings. The van der Waals surface area contributed by atoms with Crippen molar-refractivity contribution in [3.63, 3.8) is 0 Å². The van der Waals surface area contributed by atoms with Crippen LogP contribution in [0, 0.1) is 2.88 Å². The number of aromatic nitrogens is 1. The average molecular weight is 366 g/mol. The van der Waals surface area contributed by atoms with Crippen molar-refractivity contribution in [1.82, 2.24) is 4.98 Å². The predicted octanol–water partition coefficient (Wildman–Crippen LogP) is 3.95. The van der Waals surface area contributed by atoms with Gasteiger partial charge in [0.1, 0.15) is 0 Å². The number of nitrogens with two attached hydrogens (primary N) is 1. The fourth-order valence-electron chi connectivity index (χ4n) is 2.06. The molecule has 2 nitrogen and oxygen atoms in total. The fraction of sp³-hybridized carbons (Fsp3) is 0.0714. The van der Waals surface area contributed by atoms with Gasteiger partial charge in [0.2, 0.25) is 0 Å². The van der Waals surface area contributed by atoms with Crippen molar-refractivity contribution in [1.29, 1.82) is 0 Å². The summed E-state index contributed by atoms with van der Waals surface area (Å²) in [5, 5.41) is 3.26. The number of fused-ring (bicyclic) bond motifs is 1. The quantitative estimate of drug-likeness (QED) is 0.698. The van der Waals surface area contributed by atoms with E-state index in [1.165, 1.54) is 8.45 Å². The first-order valence-corrected chi connectivity index (χ1v) is 7.55. The lowest BCUT2D eigenvalue weighted by Crippen LogP contribution is -2.11. The normalized spacial score (nSPS) is 12.8. The third-order valence-corrected chi connectivity index (χ3v) is 4.77. The Bertz CT molecular complexity index is 688. The maximum Gasteiger partial charge on any atom is 0.0705 e. The van der Waals surface area contributed by atoms with Crippen molar-refractivity contribution in [2.45, 2.75) is 6.04 Å². The molecule has 3 aromatic rings. The minimum Gasteiger partial charge on any atom is -0.320 e. The zero-order chi connectivity index (χ0) is 12.5. The van der Waals surface area contributed by atoms with E-state index in [0.717, 1.165) is 16.5 Å². The molecule has 18 heavy (non-hydrogen) atoms. The van der Waals surface area contributed by atoms with Crippen LogP contribution >= 0.6 is 33.9 Å². The summed E-state index contributed by atoms with van der Waals surface area (Å²) in [4.78, 5) is 4.37. The molecule has 0 spiro atoms. The third kappa shape index (κ3) is 2.15. The number of hydrogen-bond acceptors (Lipinski definition) is 3. The van der Waals surface area contributed by atoms with Gasteiger partial charge in [-0.15, -0.1) is 11.3 Å². The van der Waals surface area contributed by atoms with Crippen LogP contribution in [0.25, 0.3) is 10.9 Å². The Hall–Kier alpha value is -0.980. The van der Waals surface area contributed by atoms with E-state index in [4.69, 9.17) is 5.73 Å². The monoisotopic (exact) mass is 366 g/mol. The smallest absolute Gasteiger partial charge is 0.0705 e. The molecule has 0 aliphatic carbocycles. The summed E-state index contributed by atoms with van der Waals surface area (Å²) in [5.41, 5.74) is 9.67. The van der Waals surface area contributed by atoms with E-state index in [-0.39, 0.29) is 6.04 Å². The molecule has 0 bridgehead atoms. The van der Waals surface area contributed by atoms with Gasteiger partial charge in [-0.3, -0.25) is 4.98 Å². The van der Waals surface area contributed by atoms with Crippen molar-refractivity contribution in [2.24, 2.45) is 5.73 Å². The minimum atomic E-state index is -0.0855. The van der Waals surface area contributed by atoms with Crippen molar-refractivity contribution < 1.29 is 0 Å². The van der Waals surface area contributed by atoms with Gasteiger partial charge in [0, 0.05) is 11.6 Å². The summed E-state index contributed by atoms with van der Waals surface area (Å²) in [5.74, 6) is 0. The van der Waals surface area contributed by atoms with Gasteiger partial charge in [0.15, 0.2) is 0 Å². The molecule has 0 saturated carbocycles. The second-order valence-corrected chi connectivity index (χ2v) is 6.88. The highest BCUT2D eigenvalue weighted by Crippen LogP contribution is 2.29. The zero-order valence-corrected chi connectivity index (χ0v) is 12.5. The molecule has 0 amide bonds. The number of hydrogen-bond donors (Lipinski definition) is 1. The summed E-state index contributed by atoms with van der Waals surface area (Å²) in [6.45, 7) is 0. The predicted molar refractivity (Wildman–Crippen MR) is 84.8 cm³/mol. The second kappa shape index (κ2) is 4.95. The molecule has 3 rings (SSSR count). The summed E-state index contributed by atoms with van der Waals surface area (Å²) in [7, 11) is 0. The lowest BCUT2D eigenvalue weighted by atomic mass is 9.98. The third-order valence-electron chi connectivity index (χ3n) is 2.96. The Kier molecular flexibility index (Phi) is 3.32. The second-order valence-electron chi connectivity index (χ2n) is 4.08. The molecule has 0 saturated heterocycles. The SMILES string of the molecule is NC(c1csc(I)c1)c1cccc2ncccc12. The van der Waals surface area contributed by atoms with Gasteiger partial charge in [-0.1, -0.05) is 18.2 Å². The van der Waals surface area contributed by atoms with Gasteiger partial charge in [-0.25, -0.2) is 0 Å².